The van der Waals surface area contributed by atoms with Gasteiger partial charge in [0.25, 0.3) is 0 Å². The van der Waals surface area contributed by atoms with E-state index in [9.17, 15) is 4.79 Å². The maximum atomic E-state index is 12.0. The molecule has 0 spiro atoms. The lowest BCUT2D eigenvalue weighted by Gasteiger charge is -2.25. The molecule has 1 aromatic carbocycles. The van der Waals surface area contributed by atoms with Crippen LogP contribution in [0.15, 0.2) is 24.3 Å². The molecule has 1 aliphatic heterocycles. The Labute approximate surface area is 109 Å². The number of hydrogen-bond donors (Lipinski definition) is 1. The molecule has 1 aromatic rings. The van der Waals surface area contributed by atoms with Gasteiger partial charge in [0.05, 0.1) is 0 Å². The minimum Gasteiger partial charge on any atom is -0.399 e. The zero-order chi connectivity index (χ0) is 12.8. The maximum absolute atomic E-state index is 12.0. The van der Waals surface area contributed by atoms with Gasteiger partial charge in [-0.25, -0.2) is 0 Å². The summed E-state index contributed by atoms with van der Waals surface area (Å²) in [6.45, 7) is 1.71. The van der Waals surface area contributed by atoms with Gasteiger partial charge in [-0.1, -0.05) is 31.0 Å². The third-order valence-electron chi connectivity index (χ3n) is 3.63. The summed E-state index contributed by atoms with van der Waals surface area (Å²) < 4.78 is 0. The minimum absolute atomic E-state index is 0.309. The molecule has 0 radical (unpaired) electrons. The highest BCUT2D eigenvalue weighted by atomic mass is 16.2. The van der Waals surface area contributed by atoms with E-state index in [1.165, 1.54) is 12.8 Å². The van der Waals surface area contributed by atoms with Crippen molar-refractivity contribution in [3.05, 3.63) is 29.8 Å². The van der Waals surface area contributed by atoms with Crippen molar-refractivity contribution >= 4 is 11.6 Å². The number of carbonyl (C=O) groups excluding carboxylic acids is 1. The molecule has 0 bridgehead atoms. The van der Waals surface area contributed by atoms with E-state index < -0.39 is 0 Å². The Morgan fingerprint density at radius 2 is 1.89 bits per heavy atom. The van der Waals surface area contributed by atoms with Gasteiger partial charge in [-0.3, -0.25) is 4.79 Å². The summed E-state index contributed by atoms with van der Waals surface area (Å²) in [6.07, 6.45) is 6.20. The summed E-state index contributed by atoms with van der Waals surface area (Å²) in [5.41, 5.74) is 7.90. The third kappa shape index (κ3) is 3.49. The highest BCUT2D eigenvalue weighted by Gasteiger charge is 2.15. The number of benzene rings is 1. The van der Waals surface area contributed by atoms with E-state index in [0.717, 1.165) is 43.6 Å². The van der Waals surface area contributed by atoms with Crippen LogP contribution in [0.4, 0.5) is 5.69 Å². The number of nitrogen functional groups attached to an aromatic ring is 1. The molecule has 1 heterocycles. The minimum atomic E-state index is 0.309. The van der Waals surface area contributed by atoms with Gasteiger partial charge in [-0.15, -0.1) is 0 Å². The van der Waals surface area contributed by atoms with Crippen LogP contribution in [0.5, 0.6) is 0 Å². The van der Waals surface area contributed by atoms with Crippen LogP contribution in [0.3, 0.4) is 0 Å². The molecule has 2 N–H and O–H groups in total. The molecule has 1 saturated heterocycles. The number of nitrogens with two attached hydrogens (primary N) is 1. The van der Waals surface area contributed by atoms with Gasteiger partial charge < -0.3 is 10.6 Å². The Balaban J connectivity index is 1.91. The number of carbonyl (C=O) groups is 1. The predicted octanol–water partition coefficient (Wildman–Crippen LogP) is 2.60. The Morgan fingerprint density at radius 1 is 1.11 bits per heavy atom. The lowest BCUT2D eigenvalue weighted by atomic mass is 10.1. The zero-order valence-corrected chi connectivity index (χ0v) is 10.9. The van der Waals surface area contributed by atoms with Crippen LogP contribution in [0.25, 0.3) is 0 Å². The summed E-state index contributed by atoms with van der Waals surface area (Å²) >= 11 is 0. The predicted molar refractivity (Wildman–Crippen MR) is 74.2 cm³/mol. The molecule has 1 amide bonds. The first-order chi connectivity index (χ1) is 8.77. The lowest BCUT2D eigenvalue weighted by Crippen LogP contribution is -2.34. The number of anilines is 1. The molecule has 98 valence electrons. The van der Waals surface area contributed by atoms with E-state index in [0.29, 0.717) is 12.3 Å². The van der Waals surface area contributed by atoms with Crippen molar-refractivity contribution < 1.29 is 4.79 Å². The van der Waals surface area contributed by atoms with Gasteiger partial charge >= 0.3 is 0 Å². The quantitative estimate of drug-likeness (QED) is 0.833. The summed E-state index contributed by atoms with van der Waals surface area (Å²) in [6, 6.07) is 7.91. The van der Waals surface area contributed by atoms with E-state index >= 15 is 0 Å². The van der Waals surface area contributed by atoms with Gasteiger partial charge in [0, 0.05) is 25.2 Å². The van der Waals surface area contributed by atoms with Crippen molar-refractivity contribution in [1.82, 2.24) is 4.90 Å². The first-order valence-corrected chi connectivity index (χ1v) is 6.88. The lowest BCUT2D eigenvalue weighted by molar-refractivity contribution is -0.131. The molecule has 1 aliphatic rings. The molecule has 0 aliphatic carbocycles. The van der Waals surface area contributed by atoms with E-state index in [1.54, 1.807) is 0 Å². The second-order valence-electron chi connectivity index (χ2n) is 4.99. The van der Waals surface area contributed by atoms with Crippen LogP contribution in [-0.2, 0) is 11.2 Å². The molecule has 0 atom stereocenters. The second-order valence-corrected chi connectivity index (χ2v) is 4.99. The molecule has 1 fully saturated rings. The normalized spacial score (nSPS) is 17.3. The molecule has 0 aromatic heterocycles. The number of nitrogens with zero attached hydrogens (tertiary/aromatic N) is 1. The van der Waals surface area contributed by atoms with Crippen LogP contribution in [-0.4, -0.2) is 23.9 Å². The van der Waals surface area contributed by atoms with E-state index in [1.807, 2.05) is 29.2 Å². The third-order valence-corrected chi connectivity index (χ3v) is 3.63. The number of para-hydroxylation sites is 1. The average Bonchev–Trinajstić information content (AvgIpc) is 2.35. The SMILES string of the molecule is Nc1ccccc1CCN1CCCCCCC1=O. The van der Waals surface area contributed by atoms with Crippen LogP contribution in [0.2, 0.25) is 0 Å². The summed E-state index contributed by atoms with van der Waals surface area (Å²) in [4.78, 5) is 14.0. The first kappa shape index (κ1) is 12.9. The van der Waals surface area contributed by atoms with Crippen molar-refractivity contribution in [2.24, 2.45) is 0 Å². The number of hydrogen-bond acceptors (Lipinski definition) is 2. The summed E-state index contributed by atoms with van der Waals surface area (Å²) in [7, 11) is 0. The number of likely N-dealkylation sites (tertiary alicyclic amines) is 1. The standard InChI is InChI=1S/C15H22N2O/c16-14-8-5-4-7-13(14)10-12-17-11-6-2-1-3-9-15(17)18/h4-5,7-8H,1-3,6,9-12,16H2. The fourth-order valence-corrected chi connectivity index (χ4v) is 2.47. The Kier molecular flexibility index (Phi) is 4.62. The second kappa shape index (κ2) is 6.43. The molecular formula is C15H22N2O. The van der Waals surface area contributed by atoms with Gasteiger partial charge in [-0.05, 0) is 30.9 Å². The van der Waals surface area contributed by atoms with Crippen LogP contribution < -0.4 is 5.73 Å². The Bertz CT molecular complexity index is 403. The Morgan fingerprint density at radius 3 is 2.72 bits per heavy atom. The fourth-order valence-electron chi connectivity index (χ4n) is 2.47. The highest BCUT2D eigenvalue weighted by Crippen LogP contribution is 2.15. The highest BCUT2D eigenvalue weighted by molar-refractivity contribution is 5.76. The maximum Gasteiger partial charge on any atom is 0.222 e. The summed E-state index contributed by atoms with van der Waals surface area (Å²) in [5, 5.41) is 0. The van der Waals surface area contributed by atoms with Crippen LogP contribution >= 0.6 is 0 Å². The molecule has 18 heavy (non-hydrogen) atoms. The smallest absolute Gasteiger partial charge is 0.222 e. The van der Waals surface area contributed by atoms with Crippen LogP contribution in [0.1, 0.15) is 37.7 Å². The largest absolute Gasteiger partial charge is 0.399 e. The molecular weight excluding hydrogens is 224 g/mol. The molecule has 2 rings (SSSR count). The number of rotatable bonds is 3. The van der Waals surface area contributed by atoms with E-state index in [2.05, 4.69) is 0 Å². The zero-order valence-electron chi connectivity index (χ0n) is 10.9. The van der Waals surface area contributed by atoms with Gasteiger partial charge in [0.2, 0.25) is 5.91 Å². The van der Waals surface area contributed by atoms with Crippen molar-refractivity contribution in [2.45, 2.75) is 38.5 Å². The van der Waals surface area contributed by atoms with Gasteiger partial charge in [0.1, 0.15) is 0 Å². The van der Waals surface area contributed by atoms with Crippen molar-refractivity contribution in [1.29, 1.82) is 0 Å². The fraction of sp³-hybridized carbons (Fsp3) is 0.533. The first-order valence-electron chi connectivity index (χ1n) is 6.88. The van der Waals surface area contributed by atoms with Crippen molar-refractivity contribution in [3.8, 4) is 0 Å². The average molecular weight is 246 g/mol. The molecule has 0 saturated carbocycles. The molecule has 0 unspecified atom stereocenters. The van der Waals surface area contributed by atoms with Crippen molar-refractivity contribution in [2.75, 3.05) is 18.8 Å². The van der Waals surface area contributed by atoms with Gasteiger partial charge in [0.15, 0.2) is 0 Å². The molecule has 3 nitrogen and oxygen atoms in total. The Hall–Kier alpha value is -1.51. The topological polar surface area (TPSA) is 46.3 Å². The van der Waals surface area contributed by atoms with Gasteiger partial charge in [-0.2, -0.15) is 0 Å². The van der Waals surface area contributed by atoms with Crippen molar-refractivity contribution in [3.63, 3.8) is 0 Å². The molecule has 3 heteroatoms. The van der Waals surface area contributed by atoms with E-state index in [4.69, 9.17) is 5.73 Å². The van der Waals surface area contributed by atoms with Crippen LogP contribution in [0, 0.1) is 0 Å². The van der Waals surface area contributed by atoms with E-state index in [-0.39, 0.29) is 0 Å². The monoisotopic (exact) mass is 246 g/mol. The number of amides is 1. The summed E-state index contributed by atoms with van der Waals surface area (Å²) in [5.74, 6) is 0.309.